The molecule has 0 bridgehead atoms. The summed E-state index contributed by atoms with van der Waals surface area (Å²) < 4.78 is 42.5. The van der Waals surface area contributed by atoms with Gasteiger partial charge < -0.3 is 9.64 Å². The quantitative estimate of drug-likeness (QED) is 0.763. The highest BCUT2D eigenvalue weighted by Gasteiger charge is 2.25. The van der Waals surface area contributed by atoms with E-state index in [0.29, 0.717) is 16.7 Å². The van der Waals surface area contributed by atoms with E-state index in [1.165, 1.54) is 30.2 Å². The van der Waals surface area contributed by atoms with Crippen LogP contribution in [0.4, 0.5) is 4.39 Å². The Balaban J connectivity index is 2.48. The van der Waals surface area contributed by atoms with Gasteiger partial charge in [0.05, 0.1) is 17.5 Å². The molecule has 0 saturated heterocycles. The molecule has 0 aliphatic rings. The minimum Gasteiger partial charge on any atom is -0.383 e. The molecule has 8 heteroatoms. The summed E-state index contributed by atoms with van der Waals surface area (Å²) in [7, 11) is -2.45. The van der Waals surface area contributed by atoms with Crippen molar-refractivity contribution in [2.75, 3.05) is 13.7 Å². The van der Waals surface area contributed by atoms with Crippen molar-refractivity contribution in [3.05, 3.63) is 64.5 Å². The lowest BCUT2D eigenvalue weighted by atomic mass is 10.0. The minimum absolute atomic E-state index is 0.0825. The third-order valence-corrected chi connectivity index (χ3v) is 5.65. The van der Waals surface area contributed by atoms with Gasteiger partial charge in [0.1, 0.15) is 5.82 Å². The first kappa shape index (κ1) is 22.0. The Labute approximate surface area is 165 Å². The fourth-order valence-electron chi connectivity index (χ4n) is 3.00. The van der Waals surface area contributed by atoms with Crippen molar-refractivity contribution in [3.63, 3.8) is 0 Å². The number of methoxy groups -OCH3 is 1. The Morgan fingerprint density at radius 3 is 2.50 bits per heavy atom. The van der Waals surface area contributed by atoms with Crippen LogP contribution >= 0.6 is 0 Å². The van der Waals surface area contributed by atoms with Gasteiger partial charge >= 0.3 is 0 Å². The molecule has 1 amide bonds. The molecule has 2 aromatic carbocycles. The van der Waals surface area contributed by atoms with Crippen LogP contribution in [0.1, 0.15) is 34.0 Å². The highest BCUT2D eigenvalue weighted by molar-refractivity contribution is 7.89. The molecular formula is C20H25FN2O4S. The smallest absolute Gasteiger partial charge is 0.254 e. The third kappa shape index (κ3) is 5.15. The van der Waals surface area contributed by atoms with Gasteiger partial charge in [-0.25, -0.2) is 17.9 Å². The first-order valence-electron chi connectivity index (χ1n) is 8.73. The molecule has 0 aromatic heterocycles. The number of carbonyl (C=O) groups is 1. The maximum Gasteiger partial charge on any atom is 0.254 e. The van der Waals surface area contributed by atoms with E-state index in [-0.39, 0.29) is 35.6 Å². The van der Waals surface area contributed by atoms with E-state index in [9.17, 15) is 17.6 Å². The number of nitrogens with two attached hydrogens (primary N) is 1. The van der Waals surface area contributed by atoms with E-state index in [2.05, 4.69) is 0 Å². The average Bonchev–Trinajstić information content (AvgIpc) is 2.60. The van der Waals surface area contributed by atoms with Gasteiger partial charge in [0.15, 0.2) is 0 Å². The summed E-state index contributed by atoms with van der Waals surface area (Å²) >= 11 is 0. The van der Waals surface area contributed by atoms with Crippen LogP contribution in [0.2, 0.25) is 0 Å². The SMILES string of the molecule is COCC(C)N(Cc1cccc(F)c1)C(=O)c1cc(C)c(C)c(S(N)(=O)=O)c1. The predicted molar refractivity (Wildman–Crippen MR) is 105 cm³/mol. The summed E-state index contributed by atoms with van der Waals surface area (Å²) in [6.45, 7) is 5.59. The number of primary sulfonamides is 1. The largest absolute Gasteiger partial charge is 0.383 e. The standard InChI is InChI=1S/C20H25FN2O4S/c1-13-8-17(10-19(15(13)3)28(22,25)26)20(24)23(14(2)12-27-4)11-16-6-5-7-18(21)9-16/h5-10,14H,11-12H2,1-4H3,(H2,22,25,26). The van der Waals surface area contributed by atoms with E-state index in [4.69, 9.17) is 9.88 Å². The molecule has 1 unspecified atom stereocenters. The normalized spacial score (nSPS) is 12.6. The number of hydrogen-bond acceptors (Lipinski definition) is 4. The van der Waals surface area contributed by atoms with Crippen molar-refractivity contribution in [1.82, 2.24) is 4.90 Å². The number of hydrogen-bond donors (Lipinski definition) is 1. The zero-order valence-corrected chi connectivity index (χ0v) is 17.2. The summed E-state index contributed by atoms with van der Waals surface area (Å²) in [5.41, 5.74) is 1.96. The molecule has 1 atom stereocenters. The van der Waals surface area contributed by atoms with Gasteiger partial charge in [-0.3, -0.25) is 4.79 Å². The van der Waals surface area contributed by atoms with E-state index >= 15 is 0 Å². The number of nitrogens with zero attached hydrogens (tertiary/aromatic N) is 1. The first-order chi connectivity index (χ1) is 13.0. The number of halogens is 1. The molecule has 2 rings (SSSR count). The zero-order chi connectivity index (χ0) is 21.1. The number of ether oxygens (including phenoxy) is 1. The summed E-state index contributed by atoms with van der Waals surface area (Å²) in [6, 6.07) is 8.58. The van der Waals surface area contributed by atoms with E-state index in [1.54, 1.807) is 32.0 Å². The Morgan fingerprint density at radius 2 is 1.93 bits per heavy atom. The summed E-state index contributed by atoms with van der Waals surface area (Å²) in [5, 5.41) is 5.30. The Morgan fingerprint density at radius 1 is 1.25 bits per heavy atom. The molecule has 0 aliphatic heterocycles. The van der Waals surface area contributed by atoms with Crippen molar-refractivity contribution in [1.29, 1.82) is 0 Å². The van der Waals surface area contributed by atoms with Crippen LogP contribution in [0.25, 0.3) is 0 Å². The lowest BCUT2D eigenvalue weighted by Crippen LogP contribution is -2.40. The fourth-order valence-corrected chi connectivity index (χ4v) is 3.88. The van der Waals surface area contributed by atoms with E-state index < -0.39 is 15.8 Å². The monoisotopic (exact) mass is 408 g/mol. The topological polar surface area (TPSA) is 89.7 Å². The molecule has 0 spiro atoms. The van der Waals surface area contributed by atoms with Crippen LogP contribution in [0, 0.1) is 19.7 Å². The maximum absolute atomic E-state index is 13.6. The van der Waals surface area contributed by atoms with Crippen LogP contribution in [0.3, 0.4) is 0 Å². The van der Waals surface area contributed by atoms with E-state index in [0.717, 1.165) is 0 Å². The molecule has 152 valence electrons. The predicted octanol–water partition coefficient (Wildman–Crippen LogP) is 2.77. The Hall–Kier alpha value is -2.29. The number of amides is 1. The van der Waals surface area contributed by atoms with Gasteiger partial charge in [0, 0.05) is 19.2 Å². The number of benzene rings is 2. The molecule has 0 fully saturated rings. The van der Waals surface area contributed by atoms with Gasteiger partial charge in [-0.1, -0.05) is 12.1 Å². The third-order valence-electron chi connectivity index (χ3n) is 4.62. The van der Waals surface area contributed by atoms with Crippen LogP contribution in [-0.4, -0.2) is 39.0 Å². The molecule has 28 heavy (non-hydrogen) atoms. The van der Waals surface area contributed by atoms with Crippen molar-refractivity contribution in [2.24, 2.45) is 5.14 Å². The van der Waals surface area contributed by atoms with Crippen LogP contribution in [0.5, 0.6) is 0 Å². The van der Waals surface area contributed by atoms with Gasteiger partial charge in [-0.15, -0.1) is 0 Å². The van der Waals surface area contributed by atoms with Crippen molar-refractivity contribution >= 4 is 15.9 Å². The van der Waals surface area contributed by atoms with Gasteiger partial charge in [-0.05, 0) is 61.7 Å². The van der Waals surface area contributed by atoms with Crippen molar-refractivity contribution in [2.45, 2.75) is 38.3 Å². The van der Waals surface area contributed by atoms with Crippen molar-refractivity contribution < 1.29 is 22.3 Å². The fraction of sp³-hybridized carbons (Fsp3) is 0.350. The van der Waals surface area contributed by atoms with E-state index in [1.807, 2.05) is 6.92 Å². The second-order valence-electron chi connectivity index (χ2n) is 6.83. The zero-order valence-electron chi connectivity index (χ0n) is 16.4. The van der Waals surface area contributed by atoms with Gasteiger partial charge in [-0.2, -0.15) is 0 Å². The van der Waals surface area contributed by atoms with Crippen LogP contribution in [0.15, 0.2) is 41.3 Å². The molecule has 6 nitrogen and oxygen atoms in total. The Bertz CT molecular complexity index is 976. The lowest BCUT2D eigenvalue weighted by molar-refractivity contribution is 0.0541. The van der Waals surface area contributed by atoms with Crippen LogP contribution in [-0.2, 0) is 21.3 Å². The second-order valence-corrected chi connectivity index (χ2v) is 8.36. The van der Waals surface area contributed by atoms with Crippen molar-refractivity contribution in [3.8, 4) is 0 Å². The molecule has 0 heterocycles. The molecule has 0 saturated carbocycles. The number of rotatable bonds is 7. The lowest BCUT2D eigenvalue weighted by Gasteiger charge is -2.29. The summed E-state index contributed by atoms with van der Waals surface area (Å²) in [4.78, 5) is 14.7. The summed E-state index contributed by atoms with van der Waals surface area (Å²) in [6.07, 6.45) is 0. The molecule has 2 aromatic rings. The summed E-state index contributed by atoms with van der Waals surface area (Å²) in [5.74, 6) is -0.784. The number of aryl methyl sites for hydroxylation is 1. The van der Waals surface area contributed by atoms with Gasteiger partial charge in [0.2, 0.25) is 10.0 Å². The average molecular weight is 408 g/mol. The number of sulfonamides is 1. The highest BCUT2D eigenvalue weighted by atomic mass is 32.2. The molecule has 0 aliphatic carbocycles. The highest BCUT2D eigenvalue weighted by Crippen LogP contribution is 2.23. The number of carbonyl (C=O) groups excluding carboxylic acids is 1. The maximum atomic E-state index is 13.6. The minimum atomic E-state index is -3.98. The van der Waals surface area contributed by atoms with Crippen LogP contribution < -0.4 is 5.14 Å². The van der Waals surface area contributed by atoms with Gasteiger partial charge in [0.25, 0.3) is 5.91 Å². The molecule has 2 N–H and O–H groups in total. The molecular weight excluding hydrogens is 383 g/mol. The molecule has 0 radical (unpaired) electrons. The Kier molecular flexibility index (Phi) is 6.92. The first-order valence-corrected chi connectivity index (χ1v) is 10.3. The second kappa shape index (κ2) is 8.81.